The van der Waals surface area contributed by atoms with E-state index in [0.29, 0.717) is 42.4 Å². The number of hydrogen-bond acceptors (Lipinski definition) is 5. The molecule has 0 aromatic heterocycles. The van der Waals surface area contributed by atoms with Crippen molar-refractivity contribution in [3.8, 4) is 17.2 Å². The van der Waals surface area contributed by atoms with Gasteiger partial charge in [0.1, 0.15) is 5.75 Å². The molecule has 0 bridgehead atoms. The number of amides is 3. The molecule has 2 aromatic carbocycles. The van der Waals surface area contributed by atoms with Crippen LogP contribution in [0.15, 0.2) is 36.4 Å². The minimum atomic E-state index is -0.751. The van der Waals surface area contributed by atoms with E-state index in [9.17, 15) is 9.59 Å². The molecule has 2 N–H and O–H groups in total. The van der Waals surface area contributed by atoms with Crippen molar-refractivity contribution < 1.29 is 23.8 Å². The average Bonchev–Trinajstić information content (AvgIpc) is 3.31. The number of hydrogen-bond donors (Lipinski definition) is 2. The van der Waals surface area contributed by atoms with Gasteiger partial charge >= 0.3 is 6.03 Å². The second-order valence-corrected chi connectivity index (χ2v) is 7.12. The first-order chi connectivity index (χ1) is 14.0. The van der Waals surface area contributed by atoms with Gasteiger partial charge in [0.15, 0.2) is 11.5 Å². The van der Waals surface area contributed by atoms with Crippen LogP contribution in [-0.2, 0) is 10.2 Å². The molecule has 3 amide bonds. The van der Waals surface area contributed by atoms with Crippen molar-refractivity contribution in [3.05, 3.63) is 42.0 Å². The molecule has 8 nitrogen and oxygen atoms in total. The number of benzene rings is 2. The smallest absolute Gasteiger partial charge is 0.321 e. The van der Waals surface area contributed by atoms with Crippen molar-refractivity contribution in [1.29, 1.82) is 0 Å². The largest absolute Gasteiger partial charge is 0.497 e. The van der Waals surface area contributed by atoms with Crippen molar-refractivity contribution in [2.75, 3.05) is 45.1 Å². The van der Waals surface area contributed by atoms with Crippen LogP contribution in [0.3, 0.4) is 0 Å². The quantitative estimate of drug-likeness (QED) is 0.828. The maximum absolute atomic E-state index is 12.8. The fourth-order valence-corrected chi connectivity index (χ4v) is 4.02. The van der Waals surface area contributed by atoms with Crippen LogP contribution >= 0.6 is 0 Å². The highest BCUT2D eigenvalue weighted by Crippen LogP contribution is 2.45. The van der Waals surface area contributed by atoms with Gasteiger partial charge in [0.2, 0.25) is 5.91 Å². The van der Waals surface area contributed by atoms with Crippen LogP contribution < -0.4 is 24.8 Å². The lowest BCUT2D eigenvalue weighted by atomic mass is 9.81. The molecular weight excluding hydrogens is 374 g/mol. The van der Waals surface area contributed by atoms with Gasteiger partial charge in [-0.2, -0.15) is 0 Å². The molecule has 1 spiro atoms. The average molecular weight is 397 g/mol. The number of likely N-dealkylation sites (tertiary alicyclic amines) is 1. The van der Waals surface area contributed by atoms with Crippen molar-refractivity contribution in [3.63, 3.8) is 0 Å². The number of rotatable bonds is 4. The van der Waals surface area contributed by atoms with Crippen molar-refractivity contribution in [1.82, 2.24) is 4.90 Å². The van der Waals surface area contributed by atoms with Crippen LogP contribution in [0.5, 0.6) is 17.2 Å². The molecule has 2 aliphatic rings. The van der Waals surface area contributed by atoms with Crippen molar-refractivity contribution in [2.45, 2.75) is 11.8 Å². The van der Waals surface area contributed by atoms with Gasteiger partial charge in [-0.3, -0.25) is 4.79 Å². The summed E-state index contributed by atoms with van der Waals surface area (Å²) in [6, 6.07) is 10.4. The van der Waals surface area contributed by atoms with Gasteiger partial charge < -0.3 is 29.7 Å². The molecule has 1 saturated heterocycles. The lowest BCUT2D eigenvalue weighted by Gasteiger charge is -2.23. The number of nitrogens with zero attached hydrogens (tertiary/aromatic N) is 1. The Morgan fingerprint density at radius 2 is 1.86 bits per heavy atom. The predicted octanol–water partition coefficient (Wildman–Crippen LogP) is 2.84. The summed E-state index contributed by atoms with van der Waals surface area (Å²) in [5.41, 5.74) is 1.49. The lowest BCUT2D eigenvalue weighted by Crippen LogP contribution is -2.40. The molecule has 4 rings (SSSR count). The fraction of sp³-hybridized carbons (Fsp3) is 0.333. The summed E-state index contributed by atoms with van der Waals surface area (Å²) in [5, 5.41) is 5.81. The van der Waals surface area contributed by atoms with Crippen LogP contribution in [0.25, 0.3) is 0 Å². The highest BCUT2D eigenvalue weighted by atomic mass is 16.5. The summed E-state index contributed by atoms with van der Waals surface area (Å²) in [4.78, 5) is 27.3. The summed E-state index contributed by atoms with van der Waals surface area (Å²) < 4.78 is 15.8. The molecule has 29 heavy (non-hydrogen) atoms. The first-order valence-corrected chi connectivity index (χ1v) is 9.28. The summed E-state index contributed by atoms with van der Waals surface area (Å²) >= 11 is 0. The first-order valence-electron chi connectivity index (χ1n) is 9.28. The zero-order chi connectivity index (χ0) is 20.6. The second kappa shape index (κ2) is 7.20. The molecule has 152 valence electrons. The Labute approximate surface area is 168 Å². The Kier molecular flexibility index (Phi) is 4.70. The van der Waals surface area contributed by atoms with Gasteiger partial charge in [-0.25, -0.2) is 4.79 Å². The number of carbonyl (C=O) groups excluding carboxylic acids is 2. The molecule has 1 fully saturated rings. The molecule has 0 aliphatic carbocycles. The third-order valence-electron chi connectivity index (χ3n) is 5.62. The minimum absolute atomic E-state index is 0.0813. The number of anilines is 2. The topological polar surface area (TPSA) is 89.1 Å². The first kappa shape index (κ1) is 18.9. The summed E-state index contributed by atoms with van der Waals surface area (Å²) in [6.07, 6.45) is 0.554. The molecule has 2 heterocycles. The number of methoxy groups -OCH3 is 3. The van der Waals surface area contributed by atoms with E-state index in [1.54, 1.807) is 37.3 Å². The van der Waals surface area contributed by atoms with Gasteiger partial charge in [-0.1, -0.05) is 0 Å². The second-order valence-electron chi connectivity index (χ2n) is 7.12. The van der Waals surface area contributed by atoms with Crippen molar-refractivity contribution >= 4 is 23.3 Å². The monoisotopic (exact) mass is 397 g/mol. The SMILES string of the molecule is COc1ccc2c(c1)C1(CCN(C(=O)Nc3ccc(OC)c(OC)c3)C1)C(=O)N2. The Morgan fingerprint density at radius 3 is 2.59 bits per heavy atom. The van der Waals surface area contributed by atoms with Crippen LogP contribution in [0.4, 0.5) is 16.2 Å². The zero-order valence-electron chi connectivity index (χ0n) is 16.6. The van der Waals surface area contributed by atoms with Crippen LogP contribution in [0, 0.1) is 0 Å². The van der Waals surface area contributed by atoms with Crippen LogP contribution in [0.2, 0.25) is 0 Å². The normalized spacial score (nSPS) is 19.7. The summed E-state index contributed by atoms with van der Waals surface area (Å²) in [5.74, 6) is 1.72. The van der Waals surface area contributed by atoms with Gasteiger partial charge in [0.05, 0.1) is 26.7 Å². The fourth-order valence-electron chi connectivity index (χ4n) is 4.02. The third-order valence-corrected chi connectivity index (χ3v) is 5.62. The molecule has 0 radical (unpaired) electrons. The maximum Gasteiger partial charge on any atom is 0.321 e. The van der Waals surface area contributed by atoms with E-state index >= 15 is 0 Å². The van der Waals surface area contributed by atoms with Gasteiger partial charge in [-0.15, -0.1) is 0 Å². The van der Waals surface area contributed by atoms with E-state index in [1.807, 2.05) is 18.2 Å². The molecule has 1 unspecified atom stereocenters. The number of nitrogens with one attached hydrogen (secondary N) is 2. The zero-order valence-corrected chi connectivity index (χ0v) is 16.6. The minimum Gasteiger partial charge on any atom is -0.497 e. The number of ether oxygens (including phenoxy) is 3. The Bertz CT molecular complexity index is 977. The van der Waals surface area contributed by atoms with E-state index in [0.717, 1.165) is 11.3 Å². The van der Waals surface area contributed by atoms with Gasteiger partial charge in [0, 0.05) is 30.5 Å². The molecule has 2 aliphatic heterocycles. The van der Waals surface area contributed by atoms with Gasteiger partial charge in [-0.05, 0) is 42.3 Å². The van der Waals surface area contributed by atoms with Crippen LogP contribution in [0.1, 0.15) is 12.0 Å². The predicted molar refractivity (Wildman–Crippen MR) is 108 cm³/mol. The van der Waals surface area contributed by atoms with E-state index in [2.05, 4.69) is 10.6 Å². The Balaban J connectivity index is 1.53. The lowest BCUT2D eigenvalue weighted by molar-refractivity contribution is -0.120. The number of carbonyl (C=O) groups is 2. The molecule has 2 aromatic rings. The Hall–Kier alpha value is -3.42. The van der Waals surface area contributed by atoms with E-state index in [4.69, 9.17) is 14.2 Å². The number of urea groups is 1. The summed E-state index contributed by atoms with van der Waals surface area (Å²) in [6.45, 7) is 0.779. The molecule has 0 saturated carbocycles. The van der Waals surface area contributed by atoms with E-state index < -0.39 is 5.41 Å². The Morgan fingerprint density at radius 1 is 1.07 bits per heavy atom. The maximum atomic E-state index is 12.8. The number of fused-ring (bicyclic) bond motifs is 2. The highest BCUT2D eigenvalue weighted by molar-refractivity contribution is 6.07. The summed E-state index contributed by atoms with van der Waals surface area (Å²) in [7, 11) is 4.69. The van der Waals surface area contributed by atoms with Crippen molar-refractivity contribution in [2.24, 2.45) is 0 Å². The standard InChI is InChI=1S/C21H23N3O5/c1-27-14-5-6-16-15(11-14)21(19(25)23-16)8-9-24(12-21)20(26)22-13-4-7-17(28-2)18(10-13)29-3/h4-7,10-11H,8-9,12H2,1-3H3,(H,22,26)(H,23,25). The molecule has 8 heteroatoms. The van der Waals surface area contributed by atoms with E-state index in [-0.39, 0.29) is 11.9 Å². The van der Waals surface area contributed by atoms with Crippen LogP contribution in [-0.4, -0.2) is 51.3 Å². The molecule has 1 atom stereocenters. The van der Waals surface area contributed by atoms with E-state index in [1.165, 1.54) is 7.11 Å². The van der Waals surface area contributed by atoms with Gasteiger partial charge in [0.25, 0.3) is 0 Å². The highest BCUT2D eigenvalue weighted by Gasteiger charge is 2.52. The third kappa shape index (κ3) is 3.10. The molecular formula is C21H23N3O5.